The third kappa shape index (κ3) is 3.34. The van der Waals surface area contributed by atoms with Gasteiger partial charge in [0.15, 0.2) is 0 Å². The molecule has 0 saturated carbocycles. The molecule has 2 N–H and O–H groups in total. The molecule has 3 rings (SSSR count). The Morgan fingerprint density at radius 1 is 1.21 bits per heavy atom. The Hall–Kier alpha value is -2.57. The molecule has 1 heterocycles. The lowest BCUT2D eigenvalue weighted by molar-refractivity contribution is 0.475. The molecule has 1 unspecified atom stereocenters. The summed E-state index contributed by atoms with van der Waals surface area (Å²) in [5, 5.41) is 16.2. The van der Waals surface area contributed by atoms with Crippen molar-refractivity contribution in [1.29, 1.82) is 0 Å². The Morgan fingerprint density at radius 3 is 2.75 bits per heavy atom. The molecule has 0 radical (unpaired) electrons. The predicted octanol–water partition coefficient (Wildman–Crippen LogP) is 3.21. The molecule has 0 saturated heterocycles. The van der Waals surface area contributed by atoms with Crippen LogP contribution in [0.2, 0.25) is 5.15 Å². The van der Waals surface area contributed by atoms with Crippen molar-refractivity contribution in [1.82, 2.24) is 9.82 Å². The number of rotatable bonds is 4. The van der Waals surface area contributed by atoms with Gasteiger partial charge in [0.2, 0.25) is 0 Å². The van der Waals surface area contributed by atoms with E-state index in [2.05, 4.69) is 20.8 Å². The average molecular weight is 360 g/mol. The molecule has 7 heteroatoms. The van der Waals surface area contributed by atoms with Crippen molar-refractivity contribution in [2.75, 3.05) is 0 Å². The molecule has 3 aromatic rings. The highest BCUT2D eigenvalue weighted by Gasteiger charge is 2.08. The van der Waals surface area contributed by atoms with Crippen molar-refractivity contribution >= 4 is 44.2 Å². The number of fused-ring (bicyclic) bond motifs is 1. The molecule has 2 aromatic carbocycles. The quantitative estimate of drug-likeness (QED) is 0.325. The Bertz CT molecular complexity index is 1020. The molecule has 0 spiro atoms. The summed E-state index contributed by atoms with van der Waals surface area (Å²) in [6.07, 6.45) is 2.81. The fraction of sp³-hybridized carbons (Fsp3) is 0. The van der Waals surface area contributed by atoms with Crippen LogP contribution in [0.5, 0.6) is 5.75 Å². The van der Waals surface area contributed by atoms with Gasteiger partial charge in [-0.3, -0.25) is 0 Å². The maximum atomic E-state index is 12.6. The van der Waals surface area contributed by atoms with Crippen molar-refractivity contribution in [3.8, 4) is 5.75 Å². The summed E-state index contributed by atoms with van der Waals surface area (Å²) in [6, 6.07) is 14.1. The Labute approximate surface area is 144 Å². The van der Waals surface area contributed by atoms with Crippen LogP contribution in [-0.2, 0) is 9.71 Å². The van der Waals surface area contributed by atoms with Crippen LogP contribution in [0.1, 0.15) is 5.56 Å². The van der Waals surface area contributed by atoms with Gasteiger partial charge in [-0.05, 0) is 34.8 Å². The first-order chi connectivity index (χ1) is 11.5. The number of aromatic nitrogens is 1. The number of phenolic OH excluding ortho intramolecular Hbond substituents is 1. The number of benzene rings is 2. The lowest BCUT2D eigenvalue weighted by atomic mass is 10.0. The van der Waals surface area contributed by atoms with E-state index in [1.165, 1.54) is 18.5 Å². The van der Waals surface area contributed by atoms with Gasteiger partial charge in [-0.2, -0.15) is 5.10 Å². The average Bonchev–Trinajstić information content (AvgIpc) is 2.57. The monoisotopic (exact) mass is 359 g/mol. The number of nitrogens with zero attached hydrogens (tertiary/aromatic N) is 2. The minimum Gasteiger partial charge on any atom is -0.507 e. The molecule has 122 valence electrons. The van der Waals surface area contributed by atoms with Gasteiger partial charge in [-0.1, -0.05) is 41.9 Å². The van der Waals surface area contributed by atoms with Crippen molar-refractivity contribution in [3.63, 3.8) is 0 Å². The molecule has 0 aliphatic heterocycles. The van der Waals surface area contributed by atoms with Gasteiger partial charge in [0, 0.05) is 11.8 Å². The van der Waals surface area contributed by atoms with Crippen molar-refractivity contribution < 1.29 is 9.32 Å². The van der Waals surface area contributed by atoms with Crippen LogP contribution in [0, 0.1) is 0 Å². The number of hydrogen-bond donors (Lipinski definition) is 2. The predicted molar refractivity (Wildman–Crippen MR) is 99.1 cm³/mol. The Kier molecular flexibility index (Phi) is 4.42. The van der Waals surface area contributed by atoms with E-state index in [0.717, 1.165) is 10.8 Å². The first-order valence-electron chi connectivity index (χ1n) is 6.97. The first kappa shape index (κ1) is 16.3. The van der Waals surface area contributed by atoms with Crippen LogP contribution >= 0.6 is 11.6 Å². The molecule has 0 aliphatic rings. The summed E-state index contributed by atoms with van der Waals surface area (Å²) in [4.78, 5) is 6.79. The van der Waals surface area contributed by atoms with Crippen molar-refractivity contribution in [3.05, 3.63) is 65.4 Å². The second kappa shape index (κ2) is 6.51. The Morgan fingerprint density at radius 2 is 2.00 bits per heavy atom. The van der Waals surface area contributed by atoms with Gasteiger partial charge >= 0.3 is 0 Å². The third-order valence-electron chi connectivity index (χ3n) is 3.42. The SMILES string of the molecule is C=S(=O)(N/N=C/c1c(O)ccc2ccccc12)c1ccc(Cl)nc1. The van der Waals surface area contributed by atoms with Crippen molar-refractivity contribution in [2.45, 2.75) is 4.90 Å². The number of aromatic hydroxyl groups is 1. The molecule has 0 bridgehead atoms. The van der Waals surface area contributed by atoms with Gasteiger partial charge < -0.3 is 5.11 Å². The molecule has 1 atom stereocenters. The van der Waals surface area contributed by atoms with Crippen LogP contribution < -0.4 is 4.83 Å². The summed E-state index contributed by atoms with van der Waals surface area (Å²) < 4.78 is 12.6. The minimum absolute atomic E-state index is 0.0861. The molecule has 0 amide bonds. The zero-order chi connectivity index (χ0) is 17.2. The molecule has 5 nitrogen and oxygen atoms in total. The molecule has 1 aromatic heterocycles. The number of pyridine rings is 1. The van der Waals surface area contributed by atoms with Crippen LogP contribution in [0.15, 0.2) is 64.7 Å². The van der Waals surface area contributed by atoms with Crippen LogP contribution in [0.25, 0.3) is 10.8 Å². The fourth-order valence-electron chi connectivity index (χ4n) is 2.21. The summed E-state index contributed by atoms with van der Waals surface area (Å²) in [7, 11) is -2.86. The maximum Gasteiger partial charge on any atom is 0.129 e. The van der Waals surface area contributed by atoms with Gasteiger partial charge in [0.25, 0.3) is 0 Å². The largest absolute Gasteiger partial charge is 0.507 e. The number of nitrogens with one attached hydrogen (secondary N) is 1. The summed E-state index contributed by atoms with van der Waals surface area (Å²) in [5.74, 6) is 3.73. The molecule has 0 aliphatic carbocycles. The Balaban J connectivity index is 1.89. The van der Waals surface area contributed by atoms with Crippen LogP contribution in [-0.4, -0.2) is 26.4 Å². The molecule has 24 heavy (non-hydrogen) atoms. The lowest BCUT2D eigenvalue weighted by Crippen LogP contribution is -2.18. The highest BCUT2D eigenvalue weighted by Crippen LogP contribution is 2.25. The summed E-state index contributed by atoms with van der Waals surface area (Å²) >= 11 is 5.72. The smallest absolute Gasteiger partial charge is 0.129 e. The van der Waals surface area contributed by atoms with Crippen LogP contribution in [0.3, 0.4) is 0 Å². The molecule has 0 fully saturated rings. The van der Waals surface area contributed by atoms with Gasteiger partial charge in [0.1, 0.15) is 10.9 Å². The third-order valence-corrected chi connectivity index (χ3v) is 5.05. The number of halogens is 1. The highest BCUT2D eigenvalue weighted by atomic mass is 35.5. The summed E-state index contributed by atoms with van der Waals surface area (Å²) in [5.41, 5.74) is 0.532. The van der Waals surface area contributed by atoms with E-state index >= 15 is 0 Å². The maximum absolute atomic E-state index is 12.6. The van der Waals surface area contributed by atoms with E-state index in [-0.39, 0.29) is 5.75 Å². The topological polar surface area (TPSA) is 74.6 Å². The number of phenols is 1. The highest BCUT2D eigenvalue weighted by molar-refractivity contribution is 7.98. The van der Waals surface area contributed by atoms with E-state index in [4.69, 9.17) is 11.6 Å². The standard InChI is InChI=1S/C17H14ClN3O2S/c1-24(23,13-7-9-17(18)19-10-13)21-20-11-15-14-5-3-2-4-12(14)6-8-16(15)22/h2-11,22H,1H2,(H,21,23)/b20-11+. The van der Waals surface area contributed by atoms with Gasteiger partial charge in [-0.25, -0.2) is 14.0 Å². The minimum atomic E-state index is -2.86. The first-order valence-corrected chi connectivity index (χ1v) is 9.07. The van der Waals surface area contributed by atoms with Gasteiger partial charge in [0.05, 0.1) is 20.8 Å². The van der Waals surface area contributed by atoms with Crippen LogP contribution in [0.4, 0.5) is 0 Å². The lowest BCUT2D eigenvalue weighted by Gasteiger charge is -2.09. The second-order valence-corrected chi connectivity index (χ2v) is 7.45. The molecular weight excluding hydrogens is 346 g/mol. The van der Waals surface area contributed by atoms with E-state index in [1.54, 1.807) is 12.1 Å². The second-order valence-electron chi connectivity index (χ2n) is 5.06. The zero-order valence-electron chi connectivity index (χ0n) is 12.5. The number of hydrogen-bond acceptors (Lipinski definition) is 4. The fourth-order valence-corrected chi connectivity index (χ4v) is 3.16. The summed E-state index contributed by atoms with van der Waals surface area (Å²) in [6.45, 7) is 0. The normalized spacial score (nSPS) is 13.9. The zero-order valence-corrected chi connectivity index (χ0v) is 14.1. The van der Waals surface area contributed by atoms with E-state index in [1.807, 2.05) is 30.3 Å². The van der Waals surface area contributed by atoms with E-state index in [0.29, 0.717) is 15.6 Å². The van der Waals surface area contributed by atoms with E-state index in [9.17, 15) is 9.32 Å². The van der Waals surface area contributed by atoms with Gasteiger partial charge in [-0.15, -0.1) is 0 Å². The van der Waals surface area contributed by atoms with E-state index < -0.39 is 9.71 Å². The number of hydrazone groups is 1. The van der Waals surface area contributed by atoms with Crippen molar-refractivity contribution in [2.24, 2.45) is 5.10 Å². The molecular formula is C17H14ClN3O2S.